The van der Waals surface area contributed by atoms with Gasteiger partial charge in [-0.15, -0.1) is 0 Å². The Kier molecular flexibility index (Phi) is 5.21. The molecule has 0 spiro atoms. The number of urea groups is 1. The summed E-state index contributed by atoms with van der Waals surface area (Å²) in [4.78, 5) is 37.5. The van der Waals surface area contributed by atoms with Crippen molar-refractivity contribution in [1.82, 2.24) is 10.2 Å². The van der Waals surface area contributed by atoms with Crippen LogP contribution in [0.25, 0.3) is 0 Å². The zero-order chi connectivity index (χ0) is 17.9. The first-order valence-electron chi connectivity index (χ1n) is 7.91. The monoisotopic (exact) mass is 335 g/mol. The second-order valence-electron chi connectivity index (χ2n) is 6.64. The Labute approximate surface area is 140 Å². The van der Waals surface area contributed by atoms with Crippen LogP contribution in [0.1, 0.15) is 33.6 Å². The van der Waals surface area contributed by atoms with Gasteiger partial charge in [-0.3, -0.25) is 14.5 Å². The normalized spacial score (nSPS) is 20.5. The molecular formula is C17H22FN3O3. The molecule has 1 aliphatic heterocycles. The zero-order valence-corrected chi connectivity index (χ0v) is 14.1. The molecule has 1 heterocycles. The molecule has 0 radical (unpaired) electrons. The number of hydrogen-bond donors (Lipinski definition) is 2. The fourth-order valence-electron chi connectivity index (χ4n) is 2.55. The van der Waals surface area contributed by atoms with Crippen molar-refractivity contribution in [2.24, 2.45) is 5.92 Å². The lowest BCUT2D eigenvalue weighted by molar-refractivity contribution is -0.133. The lowest BCUT2D eigenvalue weighted by atomic mass is 9.92. The van der Waals surface area contributed by atoms with Crippen LogP contribution in [0, 0.1) is 11.7 Å². The predicted molar refractivity (Wildman–Crippen MR) is 87.8 cm³/mol. The number of imide groups is 1. The summed E-state index contributed by atoms with van der Waals surface area (Å²) in [6.07, 6.45) is 1.29. The standard InChI is InChI=1S/C17H22FN3O3/c1-11(2)7-8-17(3)15(23)21(16(24)20-17)10-14(22)19-13-6-4-5-12(18)9-13/h4-6,9,11H,7-8,10H2,1-3H3,(H,19,22)(H,20,24). The summed E-state index contributed by atoms with van der Waals surface area (Å²) in [6, 6.07) is 4.83. The van der Waals surface area contributed by atoms with Gasteiger partial charge < -0.3 is 10.6 Å². The van der Waals surface area contributed by atoms with Gasteiger partial charge in [0.25, 0.3) is 5.91 Å². The van der Waals surface area contributed by atoms with Gasteiger partial charge in [-0.05, 0) is 43.9 Å². The van der Waals surface area contributed by atoms with Crippen LogP contribution in [0.3, 0.4) is 0 Å². The molecule has 1 saturated heterocycles. The van der Waals surface area contributed by atoms with E-state index < -0.39 is 35.7 Å². The average Bonchev–Trinajstić information content (AvgIpc) is 2.69. The first-order valence-corrected chi connectivity index (χ1v) is 7.91. The maximum atomic E-state index is 13.1. The largest absolute Gasteiger partial charge is 0.325 e. The number of nitrogens with one attached hydrogen (secondary N) is 2. The third-order valence-corrected chi connectivity index (χ3v) is 3.98. The highest BCUT2D eigenvalue weighted by Crippen LogP contribution is 2.24. The molecule has 6 nitrogen and oxygen atoms in total. The van der Waals surface area contributed by atoms with Gasteiger partial charge >= 0.3 is 6.03 Å². The van der Waals surface area contributed by atoms with Crippen LogP contribution in [-0.4, -0.2) is 34.8 Å². The SMILES string of the molecule is CC(C)CCC1(C)NC(=O)N(CC(=O)Nc2cccc(F)c2)C1=O. The molecule has 0 aliphatic carbocycles. The van der Waals surface area contributed by atoms with E-state index >= 15 is 0 Å². The molecule has 1 aliphatic rings. The lowest BCUT2D eigenvalue weighted by Gasteiger charge is -2.22. The second-order valence-corrected chi connectivity index (χ2v) is 6.64. The first kappa shape index (κ1) is 17.9. The number of halogens is 1. The van der Waals surface area contributed by atoms with Crippen LogP contribution < -0.4 is 10.6 Å². The van der Waals surface area contributed by atoms with E-state index in [0.29, 0.717) is 12.3 Å². The van der Waals surface area contributed by atoms with E-state index in [1.54, 1.807) is 6.92 Å². The molecule has 130 valence electrons. The fraction of sp³-hybridized carbons (Fsp3) is 0.471. The van der Waals surface area contributed by atoms with Crippen molar-refractivity contribution in [3.63, 3.8) is 0 Å². The maximum Gasteiger partial charge on any atom is 0.325 e. The molecule has 0 aromatic heterocycles. The molecule has 2 rings (SSSR count). The number of amides is 4. The van der Waals surface area contributed by atoms with E-state index in [0.717, 1.165) is 17.4 Å². The molecule has 1 aromatic rings. The van der Waals surface area contributed by atoms with Gasteiger partial charge in [-0.25, -0.2) is 9.18 Å². The summed E-state index contributed by atoms with van der Waals surface area (Å²) in [7, 11) is 0. The van der Waals surface area contributed by atoms with Crippen molar-refractivity contribution in [3.8, 4) is 0 Å². The van der Waals surface area contributed by atoms with Crippen LogP contribution in [0.4, 0.5) is 14.9 Å². The average molecular weight is 335 g/mol. The van der Waals surface area contributed by atoms with Crippen molar-refractivity contribution < 1.29 is 18.8 Å². The molecule has 24 heavy (non-hydrogen) atoms. The summed E-state index contributed by atoms with van der Waals surface area (Å²) in [5, 5.41) is 5.14. The number of rotatable bonds is 6. The number of carbonyl (C=O) groups excluding carboxylic acids is 3. The van der Waals surface area contributed by atoms with Gasteiger partial charge in [0, 0.05) is 5.69 Å². The Balaban J connectivity index is 2.00. The molecular weight excluding hydrogens is 313 g/mol. The molecule has 7 heteroatoms. The minimum atomic E-state index is -0.986. The Morgan fingerprint density at radius 3 is 2.71 bits per heavy atom. The van der Waals surface area contributed by atoms with Crippen LogP contribution in [0.5, 0.6) is 0 Å². The van der Waals surface area contributed by atoms with E-state index in [1.807, 2.05) is 13.8 Å². The highest BCUT2D eigenvalue weighted by Gasteiger charge is 2.47. The van der Waals surface area contributed by atoms with Gasteiger partial charge in [-0.1, -0.05) is 19.9 Å². The number of nitrogens with zero attached hydrogens (tertiary/aromatic N) is 1. The first-order chi connectivity index (χ1) is 11.2. The summed E-state index contributed by atoms with van der Waals surface area (Å²) in [6.45, 7) is 5.34. The minimum absolute atomic E-state index is 0.273. The topological polar surface area (TPSA) is 78.5 Å². The van der Waals surface area contributed by atoms with Crippen molar-refractivity contribution in [1.29, 1.82) is 0 Å². The quantitative estimate of drug-likeness (QED) is 0.784. The molecule has 1 aromatic carbocycles. The lowest BCUT2D eigenvalue weighted by Crippen LogP contribution is -2.44. The highest BCUT2D eigenvalue weighted by atomic mass is 19.1. The van der Waals surface area contributed by atoms with E-state index in [1.165, 1.54) is 18.2 Å². The molecule has 2 N–H and O–H groups in total. The molecule has 0 bridgehead atoms. The number of hydrogen-bond acceptors (Lipinski definition) is 3. The summed E-state index contributed by atoms with van der Waals surface area (Å²) in [5.41, 5.74) is -0.713. The van der Waals surface area contributed by atoms with Crippen molar-refractivity contribution in [2.75, 3.05) is 11.9 Å². The number of anilines is 1. The van der Waals surface area contributed by atoms with Gasteiger partial charge in [0.1, 0.15) is 17.9 Å². The predicted octanol–water partition coefficient (Wildman–Crippen LogP) is 2.51. The van der Waals surface area contributed by atoms with Crippen LogP contribution in [-0.2, 0) is 9.59 Å². The Morgan fingerprint density at radius 1 is 1.38 bits per heavy atom. The maximum absolute atomic E-state index is 13.1. The molecule has 1 atom stereocenters. The van der Waals surface area contributed by atoms with Gasteiger partial charge in [0.15, 0.2) is 0 Å². The molecule has 1 unspecified atom stereocenters. The van der Waals surface area contributed by atoms with Gasteiger partial charge in [0.05, 0.1) is 0 Å². The fourth-order valence-corrected chi connectivity index (χ4v) is 2.55. The Bertz CT molecular complexity index is 662. The Hall–Kier alpha value is -2.44. The minimum Gasteiger partial charge on any atom is -0.324 e. The van der Waals surface area contributed by atoms with Gasteiger partial charge in [0.2, 0.25) is 5.91 Å². The third-order valence-electron chi connectivity index (χ3n) is 3.98. The van der Waals surface area contributed by atoms with Crippen molar-refractivity contribution in [2.45, 2.75) is 39.2 Å². The van der Waals surface area contributed by atoms with Crippen molar-refractivity contribution >= 4 is 23.5 Å². The summed E-state index contributed by atoms with van der Waals surface area (Å²) < 4.78 is 13.1. The summed E-state index contributed by atoms with van der Waals surface area (Å²) in [5.74, 6) is -1.05. The van der Waals surface area contributed by atoms with Gasteiger partial charge in [-0.2, -0.15) is 0 Å². The number of carbonyl (C=O) groups is 3. The van der Waals surface area contributed by atoms with Crippen molar-refractivity contribution in [3.05, 3.63) is 30.1 Å². The van der Waals surface area contributed by atoms with E-state index in [-0.39, 0.29) is 5.69 Å². The summed E-state index contributed by atoms with van der Waals surface area (Å²) >= 11 is 0. The molecule has 0 saturated carbocycles. The van der Waals surface area contributed by atoms with E-state index in [2.05, 4.69) is 10.6 Å². The Morgan fingerprint density at radius 2 is 2.08 bits per heavy atom. The zero-order valence-electron chi connectivity index (χ0n) is 14.1. The molecule has 1 fully saturated rings. The number of benzene rings is 1. The van der Waals surface area contributed by atoms with Crippen LogP contribution in [0.15, 0.2) is 24.3 Å². The van der Waals surface area contributed by atoms with Crippen LogP contribution in [0.2, 0.25) is 0 Å². The third kappa shape index (κ3) is 4.10. The van der Waals surface area contributed by atoms with E-state index in [9.17, 15) is 18.8 Å². The van der Waals surface area contributed by atoms with Crippen LogP contribution >= 0.6 is 0 Å². The van der Waals surface area contributed by atoms with E-state index in [4.69, 9.17) is 0 Å². The highest BCUT2D eigenvalue weighted by molar-refractivity contribution is 6.09. The smallest absolute Gasteiger partial charge is 0.324 e. The molecule has 4 amide bonds. The second kappa shape index (κ2) is 6.98.